The number of benzene rings is 1. The average molecular weight is 320 g/mol. The molecule has 0 unspecified atom stereocenters. The third kappa shape index (κ3) is 2.56. The lowest BCUT2D eigenvalue weighted by molar-refractivity contribution is 0.415. The molecule has 0 spiro atoms. The van der Waals surface area contributed by atoms with Crippen molar-refractivity contribution in [2.75, 3.05) is 12.4 Å². The average Bonchev–Trinajstić information content (AvgIpc) is 3.25. The molecule has 3 heterocycles. The highest BCUT2D eigenvalue weighted by molar-refractivity contribution is 5.97. The van der Waals surface area contributed by atoms with Crippen LogP contribution in [0.4, 0.5) is 11.6 Å². The number of aromatic nitrogens is 5. The number of aryl methyl sites for hydroxylation is 1. The lowest BCUT2D eigenvalue weighted by Crippen LogP contribution is -1.96. The standard InChI is InChI=1S/C17H16N6O/c1-10-5-16(23-22-10)20-15-7-11-6-13(24-2)3-4-14(11)17(21-15)12-8-18-19-9-12/h3-9H,1-2H3,(H,18,19)(H2,20,21,22,23). The Balaban J connectivity index is 1.87. The predicted molar refractivity (Wildman–Crippen MR) is 92.5 cm³/mol. The molecule has 0 bridgehead atoms. The van der Waals surface area contributed by atoms with E-state index in [4.69, 9.17) is 9.72 Å². The summed E-state index contributed by atoms with van der Waals surface area (Å²) in [5.41, 5.74) is 2.75. The fourth-order valence-corrected chi connectivity index (χ4v) is 2.64. The number of H-pyrrole nitrogens is 2. The lowest BCUT2D eigenvalue weighted by Gasteiger charge is -2.10. The summed E-state index contributed by atoms with van der Waals surface area (Å²) < 4.78 is 5.34. The normalized spacial score (nSPS) is 10.9. The molecule has 0 atom stereocenters. The number of fused-ring (bicyclic) bond motifs is 1. The van der Waals surface area contributed by atoms with E-state index in [1.165, 1.54) is 0 Å². The summed E-state index contributed by atoms with van der Waals surface area (Å²) in [5.74, 6) is 2.23. The molecule has 3 aromatic heterocycles. The van der Waals surface area contributed by atoms with Crippen molar-refractivity contribution in [3.05, 3.63) is 48.4 Å². The van der Waals surface area contributed by atoms with Crippen LogP contribution >= 0.6 is 0 Å². The Morgan fingerprint density at radius 3 is 2.75 bits per heavy atom. The zero-order valence-electron chi connectivity index (χ0n) is 13.3. The van der Waals surface area contributed by atoms with Gasteiger partial charge in [0.05, 0.1) is 19.0 Å². The second-order valence-electron chi connectivity index (χ2n) is 5.49. The Morgan fingerprint density at radius 1 is 1.12 bits per heavy atom. The number of hydrogen-bond donors (Lipinski definition) is 3. The molecule has 0 aliphatic carbocycles. The van der Waals surface area contributed by atoms with Crippen LogP contribution in [0.1, 0.15) is 5.69 Å². The summed E-state index contributed by atoms with van der Waals surface area (Å²) in [6.45, 7) is 1.95. The zero-order chi connectivity index (χ0) is 16.5. The van der Waals surface area contributed by atoms with Crippen LogP contribution in [-0.4, -0.2) is 32.5 Å². The van der Waals surface area contributed by atoms with Crippen molar-refractivity contribution >= 4 is 22.4 Å². The summed E-state index contributed by atoms with van der Waals surface area (Å²) >= 11 is 0. The highest BCUT2D eigenvalue weighted by Gasteiger charge is 2.11. The van der Waals surface area contributed by atoms with Gasteiger partial charge in [-0.2, -0.15) is 10.2 Å². The number of ether oxygens (including phenoxy) is 1. The van der Waals surface area contributed by atoms with Gasteiger partial charge in [0, 0.05) is 28.9 Å². The Hall–Kier alpha value is -3.35. The van der Waals surface area contributed by atoms with E-state index >= 15 is 0 Å². The van der Waals surface area contributed by atoms with Crippen molar-refractivity contribution in [3.63, 3.8) is 0 Å². The van der Waals surface area contributed by atoms with Crippen LogP contribution < -0.4 is 10.1 Å². The molecule has 0 fully saturated rings. The highest BCUT2D eigenvalue weighted by atomic mass is 16.5. The Morgan fingerprint density at radius 2 is 2.04 bits per heavy atom. The maximum atomic E-state index is 5.34. The first-order valence-electron chi connectivity index (χ1n) is 7.50. The fraction of sp³-hybridized carbons (Fsp3) is 0.118. The molecule has 1 aromatic carbocycles. The van der Waals surface area contributed by atoms with E-state index in [2.05, 4.69) is 25.7 Å². The predicted octanol–water partition coefficient (Wildman–Crippen LogP) is 3.41. The van der Waals surface area contributed by atoms with Gasteiger partial charge < -0.3 is 10.1 Å². The molecular formula is C17H16N6O. The number of rotatable bonds is 4. The first-order valence-corrected chi connectivity index (χ1v) is 7.50. The molecule has 0 radical (unpaired) electrons. The van der Waals surface area contributed by atoms with Crippen LogP contribution in [0.25, 0.3) is 22.0 Å². The fourth-order valence-electron chi connectivity index (χ4n) is 2.64. The first kappa shape index (κ1) is 14.3. The number of pyridine rings is 1. The second kappa shape index (κ2) is 5.69. The van der Waals surface area contributed by atoms with Crippen molar-refractivity contribution in [2.24, 2.45) is 0 Å². The summed E-state index contributed by atoms with van der Waals surface area (Å²) in [4.78, 5) is 4.74. The van der Waals surface area contributed by atoms with Gasteiger partial charge in [0.2, 0.25) is 0 Å². The van der Waals surface area contributed by atoms with Gasteiger partial charge in [0.15, 0.2) is 5.82 Å². The highest BCUT2D eigenvalue weighted by Crippen LogP contribution is 2.31. The summed E-state index contributed by atoms with van der Waals surface area (Å²) in [6.07, 6.45) is 3.59. The number of nitrogens with zero attached hydrogens (tertiary/aromatic N) is 3. The third-order valence-electron chi connectivity index (χ3n) is 3.77. The molecule has 0 aliphatic heterocycles. The number of anilines is 2. The van der Waals surface area contributed by atoms with Crippen LogP contribution in [0.5, 0.6) is 5.75 Å². The minimum atomic E-state index is 0.707. The Labute approximate surface area is 138 Å². The van der Waals surface area contributed by atoms with Gasteiger partial charge in [-0.05, 0) is 36.6 Å². The molecule has 4 aromatic rings. The van der Waals surface area contributed by atoms with Crippen LogP contribution in [0.15, 0.2) is 42.7 Å². The molecule has 120 valence electrons. The van der Waals surface area contributed by atoms with Gasteiger partial charge in [-0.3, -0.25) is 10.2 Å². The van der Waals surface area contributed by atoms with Crippen LogP contribution in [0.2, 0.25) is 0 Å². The quantitative estimate of drug-likeness (QED) is 0.536. The van der Waals surface area contributed by atoms with E-state index in [1.807, 2.05) is 43.5 Å². The van der Waals surface area contributed by atoms with Gasteiger partial charge in [0.25, 0.3) is 0 Å². The molecule has 0 saturated carbocycles. The molecule has 3 N–H and O–H groups in total. The van der Waals surface area contributed by atoms with Gasteiger partial charge in [-0.25, -0.2) is 4.98 Å². The van der Waals surface area contributed by atoms with E-state index < -0.39 is 0 Å². The van der Waals surface area contributed by atoms with Gasteiger partial charge in [-0.15, -0.1) is 0 Å². The molecule has 7 heteroatoms. The number of hydrogen-bond acceptors (Lipinski definition) is 5. The Bertz CT molecular complexity index is 990. The van der Waals surface area contributed by atoms with Gasteiger partial charge >= 0.3 is 0 Å². The number of nitrogens with one attached hydrogen (secondary N) is 3. The van der Waals surface area contributed by atoms with Crippen LogP contribution in [0, 0.1) is 6.92 Å². The monoisotopic (exact) mass is 320 g/mol. The minimum absolute atomic E-state index is 0.707. The van der Waals surface area contributed by atoms with Gasteiger partial charge in [-0.1, -0.05) is 0 Å². The van der Waals surface area contributed by atoms with Crippen molar-refractivity contribution in [3.8, 4) is 17.0 Å². The van der Waals surface area contributed by atoms with Crippen LogP contribution in [-0.2, 0) is 0 Å². The third-order valence-corrected chi connectivity index (χ3v) is 3.77. The summed E-state index contributed by atoms with van der Waals surface area (Å²) in [7, 11) is 1.66. The molecule has 7 nitrogen and oxygen atoms in total. The molecular weight excluding hydrogens is 304 g/mol. The molecule has 4 rings (SSSR count). The summed E-state index contributed by atoms with van der Waals surface area (Å²) in [6, 6.07) is 9.83. The molecule has 24 heavy (non-hydrogen) atoms. The zero-order valence-corrected chi connectivity index (χ0v) is 13.3. The number of methoxy groups -OCH3 is 1. The maximum Gasteiger partial charge on any atom is 0.153 e. The topological polar surface area (TPSA) is 91.5 Å². The van der Waals surface area contributed by atoms with Gasteiger partial charge in [0.1, 0.15) is 11.6 Å². The van der Waals surface area contributed by atoms with Crippen molar-refractivity contribution in [1.82, 2.24) is 25.4 Å². The number of aromatic amines is 2. The SMILES string of the molecule is COc1ccc2c(-c3cn[nH]c3)nc(Nc3cc(C)[nH]n3)cc2c1. The van der Waals surface area contributed by atoms with E-state index in [1.54, 1.807) is 13.3 Å². The second-order valence-corrected chi connectivity index (χ2v) is 5.49. The maximum absolute atomic E-state index is 5.34. The summed E-state index contributed by atoms with van der Waals surface area (Å²) in [5, 5.41) is 19.3. The smallest absolute Gasteiger partial charge is 0.153 e. The van der Waals surface area contributed by atoms with Crippen molar-refractivity contribution < 1.29 is 4.74 Å². The van der Waals surface area contributed by atoms with Crippen LogP contribution in [0.3, 0.4) is 0 Å². The Kier molecular flexibility index (Phi) is 3.38. The minimum Gasteiger partial charge on any atom is -0.497 e. The van der Waals surface area contributed by atoms with E-state index in [0.29, 0.717) is 5.82 Å². The molecule has 0 amide bonds. The van der Waals surface area contributed by atoms with E-state index in [9.17, 15) is 0 Å². The van der Waals surface area contributed by atoms with E-state index in [-0.39, 0.29) is 0 Å². The lowest BCUT2D eigenvalue weighted by atomic mass is 10.1. The van der Waals surface area contributed by atoms with Crippen molar-refractivity contribution in [1.29, 1.82) is 0 Å². The first-order chi connectivity index (χ1) is 11.7. The molecule has 0 aliphatic rings. The van der Waals surface area contributed by atoms with Crippen molar-refractivity contribution in [2.45, 2.75) is 6.92 Å². The largest absolute Gasteiger partial charge is 0.497 e. The molecule has 0 saturated heterocycles. The van der Waals surface area contributed by atoms with E-state index in [0.717, 1.165) is 39.3 Å².